The molecule has 1 rings (SSSR count). The van der Waals surface area contributed by atoms with Crippen molar-refractivity contribution < 1.29 is 49.2 Å². The molecule has 0 spiro atoms. The normalized spacial score (nSPS) is 14.6. The van der Waals surface area contributed by atoms with Gasteiger partial charge in [0.2, 0.25) is 0 Å². The number of carbonyl (C=O) groups is 2. The van der Waals surface area contributed by atoms with Crippen LogP contribution >= 0.6 is 0 Å². The van der Waals surface area contributed by atoms with Crippen LogP contribution in [0.2, 0.25) is 0 Å². The Bertz CT molecular complexity index is 920. The van der Waals surface area contributed by atoms with E-state index in [1.807, 2.05) is 0 Å². The Balaban J connectivity index is 3.25. The number of halogens is 4. The van der Waals surface area contributed by atoms with Gasteiger partial charge in [-0.3, -0.25) is 13.8 Å². The molecule has 1 aromatic carbocycles. The van der Waals surface area contributed by atoms with E-state index in [4.69, 9.17) is 13.7 Å². The van der Waals surface area contributed by atoms with Gasteiger partial charge in [-0.2, -0.15) is 21.6 Å². The van der Waals surface area contributed by atoms with Crippen LogP contribution in [-0.2, 0) is 46.2 Å². The Morgan fingerprint density at radius 3 is 2.06 bits per heavy atom. The van der Waals surface area contributed by atoms with Crippen LogP contribution in [0.1, 0.15) is 45.7 Å². The quantitative estimate of drug-likeness (QED) is 0.246. The van der Waals surface area contributed by atoms with Crippen molar-refractivity contribution in [2.45, 2.75) is 58.0 Å². The molecule has 0 aliphatic rings. The molecule has 0 aromatic heterocycles. The fourth-order valence-electron chi connectivity index (χ4n) is 2.26. The predicted molar refractivity (Wildman–Crippen MR) is 100.0 cm³/mol. The number of benzene rings is 1. The lowest BCUT2D eigenvalue weighted by Gasteiger charge is -2.29. The highest BCUT2D eigenvalue weighted by Crippen LogP contribution is 2.34. The second-order valence-electron chi connectivity index (χ2n) is 7.72. The maximum Gasteiger partial charge on any atom is 0.416 e. The first-order valence-electron chi connectivity index (χ1n) is 9.04. The van der Waals surface area contributed by atoms with Crippen LogP contribution in [0.3, 0.4) is 0 Å². The van der Waals surface area contributed by atoms with Crippen LogP contribution in [0.4, 0.5) is 17.6 Å². The van der Waals surface area contributed by atoms with Crippen molar-refractivity contribution in [3.63, 3.8) is 0 Å². The van der Waals surface area contributed by atoms with E-state index in [-0.39, 0.29) is 6.61 Å². The largest absolute Gasteiger partial charge is 0.465 e. The number of hydrogen-bond acceptors (Lipinski definition) is 7. The van der Waals surface area contributed by atoms with Crippen LogP contribution in [-0.4, -0.2) is 39.2 Å². The molecule has 7 nitrogen and oxygen atoms in total. The third-order valence-electron chi connectivity index (χ3n) is 3.89. The van der Waals surface area contributed by atoms with Crippen LogP contribution in [0.25, 0.3) is 0 Å². The van der Waals surface area contributed by atoms with Gasteiger partial charge in [-0.15, -0.1) is 0 Å². The highest BCUT2D eigenvalue weighted by molar-refractivity contribution is 7.86. The fraction of sp³-hybridized carbons (Fsp3) is 0.579. The molecule has 0 heterocycles. The van der Waals surface area contributed by atoms with E-state index in [0.717, 1.165) is 6.92 Å². The van der Waals surface area contributed by atoms with E-state index in [9.17, 15) is 35.6 Å². The summed E-state index contributed by atoms with van der Waals surface area (Å²) in [5.74, 6) is -2.23. The van der Waals surface area contributed by atoms with E-state index >= 15 is 0 Å². The highest BCUT2D eigenvalue weighted by atomic mass is 32.2. The van der Waals surface area contributed by atoms with E-state index < -0.39 is 68.6 Å². The van der Waals surface area contributed by atoms with Crippen LogP contribution in [0.15, 0.2) is 23.1 Å². The first kappa shape index (κ1) is 26.8. The standard InChI is InChI=1S/C19H24F4O7S/c1-6-28-15(24)18(5,16(25)30-17(2,3)4)11-29-31(26,27)13-7-8-14(19(21,22)23)12(9-13)10-20/h7-9H,6,10-11H2,1-5H3. The minimum absolute atomic E-state index is 0.122. The molecule has 0 fully saturated rings. The average Bonchev–Trinajstić information content (AvgIpc) is 2.63. The highest BCUT2D eigenvalue weighted by Gasteiger charge is 2.47. The smallest absolute Gasteiger partial charge is 0.416 e. The Morgan fingerprint density at radius 1 is 1.03 bits per heavy atom. The summed E-state index contributed by atoms with van der Waals surface area (Å²) in [6, 6.07) is 1.48. The van der Waals surface area contributed by atoms with Gasteiger partial charge in [0.1, 0.15) is 12.3 Å². The predicted octanol–water partition coefficient (Wildman–Crippen LogP) is 3.79. The SMILES string of the molecule is CCOC(=O)C(C)(COS(=O)(=O)c1ccc(C(F)(F)F)c(CF)c1)C(=O)OC(C)(C)C. The first-order valence-corrected chi connectivity index (χ1v) is 10.4. The van der Waals surface area contributed by atoms with Gasteiger partial charge in [0.05, 0.1) is 23.7 Å². The van der Waals surface area contributed by atoms with Crippen molar-refractivity contribution in [3.8, 4) is 0 Å². The molecule has 31 heavy (non-hydrogen) atoms. The Morgan fingerprint density at radius 2 is 1.61 bits per heavy atom. The molecule has 0 bridgehead atoms. The summed E-state index contributed by atoms with van der Waals surface area (Å²) >= 11 is 0. The summed E-state index contributed by atoms with van der Waals surface area (Å²) in [7, 11) is -4.76. The van der Waals surface area contributed by atoms with Crippen molar-refractivity contribution in [2.75, 3.05) is 13.2 Å². The molecule has 1 aromatic rings. The summed E-state index contributed by atoms with van der Waals surface area (Å²) in [5.41, 5.74) is -5.45. The molecule has 0 saturated carbocycles. The first-order chi connectivity index (χ1) is 14.0. The van der Waals surface area contributed by atoms with Crippen molar-refractivity contribution in [2.24, 2.45) is 5.41 Å². The summed E-state index contributed by atoms with van der Waals surface area (Å²) in [4.78, 5) is 24.1. The molecule has 176 valence electrons. The lowest BCUT2D eigenvalue weighted by molar-refractivity contribution is -0.180. The van der Waals surface area contributed by atoms with Crippen LogP contribution in [0.5, 0.6) is 0 Å². The van der Waals surface area contributed by atoms with Crippen molar-refractivity contribution in [3.05, 3.63) is 29.3 Å². The van der Waals surface area contributed by atoms with Gasteiger partial charge >= 0.3 is 18.1 Å². The molecule has 1 atom stereocenters. The van der Waals surface area contributed by atoms with E-state index in [2.05, 4.69) is 0 Å². The summed E-state index contributed by atoms with van der Waals surface area (Å²) in [6.45, 7) is 4.34. The minimum atomic E-state index is -4.89. The van der Waals surface area contributed by atoms with E-state index in [0.29, 0.717) is 18.2 Å². The summed E-state index contributed by atoms with van der Waals surface area (Å²) < 4.78 is 91.4. The van der Waals surface area contributed by atoms with Gasteiger partial charge < -0.3 is 9.47 Å². The van der Waals surface area contributed by atoms with Gasteiger partial charge in [-0.25, -0.2) is 4.39 Å². The summed E-state index contributed by atoms with van der Waals surface area (Å²) in [5, 5.41) is 0. The second kappa shape index (κ2) is 9.51. The Hall–Kier alpha value is -2.21. The molecule has 0 radical (unpaired) electrons. The monoisotopic (exact) mass is 472 g/mol. The molecule has 0 amide bonds. The van der Waals surface area contributed by atoms with Crippen LogP contribution in [0, 0.1) is 5.41 Å². The average molecular weight is 472 g/mol. The number of rotatable bonds is 8. The lowest BCUT2D eigenvalue weighted by Crippen LogP contribution is -2.46. The van der Waals surface area contributed by atoms with E-state index in [1.165, 1.54) is 27.7 Å². The fourth-order valence-corrected chi connectivity index (χ4v) is 3.31. The third kappa shape index (κ3) is 6.89. The molecule has 0 N–H and O–H groups in total. The molecular formula is C19H24F4O7S. The number of alkyl halides is 4. The number of ether oxygens (including phenoxy) is 2. The zero-order valence-electron chi connectivity index (χ0n) is 17.6. The molecule has 0 aliphatic carbocycles. The second-order valence-corrected chi connectivity index (χ2v) is 9.34. The zero-order chi connectivity index (χ0) is 24.3. The Kier molecular flexibility index (Phi) is 8.23. The molecular weight excluding hydrogens is 448 g/mol. The minimum Gasteiger partial charge on any atom is -0.465 e. The van der Waals surface area contributed by atoms with Crippen LogP contribution < -0.4 is 0 Å². The molecule has 1 unspecified atom stereocenters. The topological polar surface area (TPSA) is 96.0 Å². The molecule has 0 saturated heterocycles. The maximum atomic E-state index is 13.1. The number of esters is 2. The number of hydrogen-bond donors (Lipinski definition) is 0. The van der Waals surface area contributed by atoms with Crippen molar-refractivity contribution in [1.29, 1.82) is 0 Å². The van der Waals surface area contributed by atoms with Crippen molar-refractivity contribution >= 4 is 22.1 Å². The van der Waals surface area contributed by atoms with Gasteiger partial charge in [-0.05, 0) is 58.4 Å². The number of carbonyl (C=O) groups excluding carboxylic acids is 2. The maximum absolute atomic E-state index is 13.1. The van der Waals surface area contributed by atoms with Gasteiger partial charge in [0.25, 0.3) is 10.1 Å². The van der Waals surface area contributed by atoms with Gasteiger partial charge in [-0.1, -0.05) is 0 Å². The molecule has 0 aliphatic heterocycles. The van der Waals surface area contributed by atoms with Gasteiger partial charge in [0, 0.05) is 0 Å². The molecule has 12 heteroatoms. The van der Waals surface area contributed by atoms with E-state index in [1.54, 1.807) is 0 Å². The summed E-state index contributed by atoms with van der Waals surface area (Å²) in [6.07, 6.45) is -4.89. The van der Waals surface area contributed by atoms with Crippen molar-refractivity contribution in [1.82, 2.24) is 0 Å². The van der Waals surface area contributed by atoms with Gasteiger partial charge in [0.15, 0.2) is 5.41 Å². The zero-order valence-corrected chi connectivity index (χ0v) is 18.4. The lowest BCUT2D eigenvalue weighted by atomic mass is 9.92. The Labute approximate surface area is 177 Å². The third-order valence-corrected chi connectivity index (χ3v) is 5.15.